The van der Waals surface area contributed by atoms with E-state index in [9.17, 15) is 9.59 Å². The predicted molar refractivity (Wildman–Crippen MR) is 144 cm³/mol. The molecule has 1 unspecified atom stereocenters. The Bertz CT molecular complexity index is 1390. The average molecular weight is 515 g/mol. The number of carbonyl (C=O) groups excluding carboxylic acids is 2. The molecule has 0 radical (unpaired) electrons. The summed E-state index contributed by atoms with van der Waals surface area (Å²) in [7, 11) is 0. The summed E-state index contributed by atoms with van der Waals surface area (Å²) >= 11 is 6.13. The van der Waals surface area contributed by atoms with Crippen LogP contribution in [0.5, 0.6) is 0 Å². The number of fused-ring (bicyclic) bond motifs is 3. The number of hydrogen-bond acceptors (Lipinski definition) is 6. The molecular formula is C28H27ClN6O2. The Labute approximate surface area is 220 Å². The molecule has 1 atom stereocenters. The van der Waals surface area contributed by atoms with Crippen molar-refractivity contribution in [3.63, 3.8) is 0 Å². The van der Waals surface area contributed by atoms with Gasteiger partial charge in [0.05, 0.1) is 23.8 Å². The number of rotatable bonds is 7. The van der Waals surface area contributed by atoms with Crippen LogP contribution in [0, 0.1) is 0 Å². The minimum absolute atomic E-state index is 0.0156. The highest BCUT2D eigenvalue weighted by atomic mass is 35.5. The normalized spacial score (nSPS) is 16.1. The number of amides is 2. The Hall–Kier alpha value is -4.04. The highest BCUT2D eigenvalue weighted by molar-refractivity contribution is 6.31. The van der Waals surface area contributed by atoms with E-state index in [0.29, 0.717) is 53.9 Å². The largest absolute Gasteiger partial charge is 0.348 e. The first-order valence-corrected chi connectivity index (χ1v) is 12.7. The SMILES string of the molecule is CCN(CCc1ccccn1)C(=O)C1=CCC(Nc2ncc3c(n2)-c2ccc(Cl)cc2NC(=O)C3)C=C1. The van der Waals surface area contributed by atoms with E-state index in [1.165, 1.54) is 0 Å². The molecule has 5 rings (SSSR count). The molecule has 1 aliphatic carbocycles. The highest BCUT2D eigenvalue weighted by Crippen LogP contribution is 2.34. The van der Waals surface area contributed by atoms with Crippen LogP contribution in [0.4, 0.5) is 11.6 Å². The molecule has 8 nitrogen and oxygen atoms in total. The van der Waals surface area contributed by atoms with Crippen molar-refractivity contribution >= 4 is 35.1 Å². The van der Waals surface area contributed by atoms with E-state index < -0.39 is 0 Å². The van der Waals surface area contributed by atoms with Crippen molar-refractivity contribution in [3.8, 4) is 11.3 Å². The minimum atomic E-state index is -0.134. The molecule has 188 valence electrons. The van der Waals surface area contributed by atoms with Gasteiger partial charge in [0.25, 0.3) is 5.91 Å². The van der Waals surface area contributed by atoms with E-state index >= 15 is 0 Å². The highest BCUT2D eigenvalue weighted by Gasteiger charge is 2.23. The number of pyridine rings is 1. The van der Waals surface area contributed by atoms with Gasteiger partial charge < -0.3 is 15.5 Å². The number of nitrogens with zero attached hydrogens (tertiary/aromatic N) is 4. The summed E-state index contributed by atoms with van der Waals surface area (Å²) in [5.41, 5.74) is 4.53. The van der Waals surface area contributed by atoms with Gasteiger partial charge in [-0.05, 0) is 43.7 Å². The van der Waals surface area contributed by atoms with E-state index in [0.717, 1.165) is 16.8 Å². The van der Waals surface area contributed by atoms with E-state index in [4.69, 9.17) is 16.6 Å². The molecule has 0 saturated carbocycles. The zero-order chi connectivity index (χ0) is 25.8. The number of halogens is 1. The topological polar surface area (TPSA) is 100 Å². The van der Waals surface area contributed by atoms with Gasteiger partial charge in [-0.3, -0.25) is 14.6 Å². The molecule has 0 spiro atoms. The van der Waals surface area contributed by atoms with Crippen molar-refractivity contribution < 1.29 is 9.59 Å². The summed E-state index contributed by atoms with van der Waals surface area (Å²) in [6.45, 7) is 3.23. The van der Waals surface area contributed by atoms with Crippen LogP contribution < -0.4 is 10.6 Å². The maximum atomic E-state index is 13.1. The molecule has 3 heterocycles. The van der Waals surface area contributed by atoms with E-state index in [2.05, 4.69) is 20.6 Å². The van der Waals surface area contributed by atoms with Gasteiger partial charge in [-0.15, -0.1) is 0 Å². The fourth-order valence-electron chi connectivity index (χ4n) is 4.47. The number of nitrogens with one attached hydrogen (secondary N) is 2. The molecule has 2 N–H and O–H groups in total. The number of anilines is 2. The first-order valence-electron chi connectivity index (χ1n) is 12.3. The van der Waals surface area contributed by atoms with Crippen LogP contribution in [0.3, 0.4) is 0 Å². The van der Waals surface area contributed by atoms with Crippen LogP contribution in [-0.4, -0.2) is 50.8 Å². The number of likely N-dealkylation sites (N-methyl/N-ethyl adjacent to an activating group) is 1. The zero-order valence-electron chi connectivity index (χ0n) is 20.4. The molecule has 37 heavy (non-hydrogen) atoms. The van der Waals surface area contributed by atoms with Gasteiger partial charge in [0.2, 0.25) is 11.9 Å². The summed E-state index contributed by atoms with van der Waals surface area (Å²) in [6.07, 6.45) is 10.8. The summed E-state index contributed by atoms with van der Waals surface area (Å²) in [5.74, 6) is 0.337. The molecule has 2 amide bonds. The predicted octanol–water partition coefficient (Wildman–Crippen LogP) is 4.44. The van der Waals surface area contributed by atoms with Crippen molar-refractivity contribution in [1.29, 1.82) is 0 Å². The van der Waals surface area contributed by atoms with Gasteiger partial charge in [-0.2, -0.15) is 0 Å². The van der Waals surface area contributed by atoms with Gasteiger partial charge >= 0.3 is 0 Å². The second kappa shape index (κ2) is 10.9. The van der Waals surface area contributed by atoms with E-state index in [1.807, 2.05) is 54.3 Å². The van der Waals surface area contributed by atoms with Gasteiger partial charge in [0.15, 0.2) is 0 Å². The molecule has 1 aliphatic heterocycles. The molecule has 0 bridgehead atoms. The second-order valence-corrected chi connectivity index (χ2v) is 9.38. The third-order valence-corrected chi connectivity index (χ3v) is 6.66. The average Bonchev–Trinajstić information content (AvgIpc) is 3.04. The van der Waals surface area contributed by atoms with E-state index in [-0.39, 0.29) is 24.3 Å². The van der Waals surface area contributed by atoms with Gasteiger partial charge in [0, 0.05) is 59.3 Å². The van der Waals surface area contributed by atoms with Crippen LogP contribution in [-0.2, 0) is 22.4 Å². The third-order valence-electron chi connectivity index (χ3n) is 6.42. The monoisotopic (exact) mass is 514 g/mol. The Balaban J connectivity index is 1.25. The molecule has 2 aliphatic rings. The summed E-state index contributed by atoms with van der Waals surface area (Å²) in [4.78, 5) is 40.7. The van der Waals surface area contributed by atoms with Crippen LogP contribution in [0.25, 0.3) is 11.3 Å². The second-order valence-electron chi connectivity index (χ2n) is 8.94. The maximum Gasteiger partial charge on any atom is 0.253 e. The molecule has 2 aromatic heterocycles. The third kappa shape index (κ3) is 5.70. The standard InChI is InChI=1S/C28H27ClN6O2/c1-2-35(14-12-21-5-3-4-13-30-21)27(37)18-6-9-22(10-7-18)32-28-31-17-19-15-25(36)33-24-16-20(29)8-11-23(24)26(19)34-28/h3-9,11,13,16-17,22H,2,10,12,14-15H2,1H3,(H,33,36)(H,31,32,34). The van der Waals surface area contributed by atoms with E-state index in [1.54, 1.807) is 24.5 Å². The van der Waals surface area contributed by atoms with Crippen molar-refractivity contribution in [2.24, 2.45) is 0 Å². The first kappa shape index (κ1) is 24.6. The molecular weight excluding hydrogens is 488 g/mol. The Morgan fingerprint density at radius 1 is 1.24 bits per heavy atom. The van der Waals surface area contributed by atoms with Crippen LogP contribution in [0.1, 0.15) is 24.6 Å². The fraction of sp³-hybridized carbons (Fsp3) is 0.250. The summed E-state index contributed by atoms with van der Waals surface area (Å²) in [5, 5.41) is 6.76. The number of benzene rings is 1. The van der Waals surface area contributed by atoms with Crippen molar-refractivity contribution in [2.75, 3.05) is 23.7 Å². The number of aromatic nitrogens is 3. The lowest BCUT2D eigenvalue weighted by Crippen LogP contribution is -2.34. The summed E-state index contributed by atoms with van der Waals surface area (Å²) in [6, 6.07) is 11.1. The first-order chi connectivity index (χ1) is 18.0. The summed E-state index contributed by atoms with van der Waals surface area (Å²) < 4.78 is 0. The Kier molecular flexibility index (Phi) is 7.28. The van der Waals surface area contributed by atoms with Crippen molar-refractivity contribution in [2.45, 2.75) is 32.2 Å². The molecule has 9 heteroatoms. The Morgan fingerprint density at radius 2 is 2.14 bits per heavy atom. The van der Waals surface area contributed by atoms with Gasteiger partial charge in [-0.25, -0.2) is 9.97 Å². The van der Waals surface area contributed by atoms with Gasteiger partial charge in [0.1, 0.15) is 0 Å². The molecule has 0 fully saturated rings. The van der Waals surface area contributed by atoms with Crippen LogP contribution in [0.2, 0.25) is 5.02 Å². The lowest BCUT2D eigenvalue weighted by Gasteiger charge is -2.24. The van der Waals surface area contributed by atoms with Gasteiger partial charge in [-0.1, -0.05) is 35.9 Å². The number of hydrogen-bond donors (Lipinski definition) is 2. The maximum absolute atomic E-state index is 13.1. The molecule has 3 aromatic rings. The zero-order valence-corrected chi connectivity index (χ0v) is 21.2. The van der Waals surface area contributed by atoms with Crippen LogP contribution >= 0.6 is 11.6 Å². The fourth-order valence-corrected chi connectivity index (χ4v) is 4.64. The molecule has 0 saturated heterocycles. The quantitative estimate of drug-likeness (QED) is 0.483. The van der Waals surface area contributed by atoms with Crippen molar-refractivity contribution in [3.05, 3.63) is 88.9 Å². The number of carbonyl (C=O) groups is 2. The lowest BCUT2D eigenvalue weighted by molar-refractivity contribution is -0.126. The Morgan fingerprint density at radius 3 is 2.89 bits per heavy atom. The minimum Gasteiger partial charge on any atom is -0.348 e. The van der Waals surface area contributed by atoms with Crippen LogP contribution in [0.15, 0.2) is 72.6 Å². The molecule has 1 aromatic carbocycles. The smallest absolute Gasteiger partial charge is 0.253 e. The van der Waals surface area contributed by atoms with Crippen molar-refractivity contribution in [1.82, 2.24) is 19.9 Å². The lowest BCUT2D eigenvalue weighted by atomic mass is 10.0.